The van der Waals surface area contributed by atoms with Crippen LogP contribution >= 0.6 is 0 Å². The molecule has 0 bridgehead atoms. The molecule has 2 unspecified atom stereocenters. The smallest absolute Gasteiger partial charge is 0.239 e. The minimum Gasteiger partial charge on any atom is -0.497 e. The lowest BCUT2D eigenvalue weighted by Gasteiger charge is -2.38. The van der Waals surface area contributed by atoms with Gasteiger partial charge in [-0.05, 0) is 29.8 Å². The molecule has 3 rings (SSSR count). The van der Waals surface area contributed by atoms with Crippen LogP contribution in [0.5, 0.6) is 23.0 Å². The van der Waals surface area contributed by atoms with Crippen LogP contribution in [0.2, 0.25) is 0 Å². The van der Waals surface area contributed by atoms with E-state index in [4.69, 9.17) is 24.7 Å². The summed E-state index contributed by atoms with van der Waals surface area (Å²) in [6.07, 6.45) is -0.656. The van der Waals surface area contributed by atoms with Crippen LogP contribution in [0.4, 0.5) is 0 Å². The summed E-state index contributed by atoms with van der Waals surface area (Å²) in [6.45, 7) is 3.28. The molecule has 9 heteroatoms. The van der Waals surface area contributed by atoms with Gasteiger partial charge in [-0.15, -0.1) is 0 Å². The van der Waals surface area contributed by atoms with Gasteiger partial charge in [0.15, 0.2) is 11.5 Å². The van der Waals surface area contributed by atoms with Gasteiger partial charge in [0.1, 0.15) is 30.3 Å². The summed E-state index contributed by atoms with van der Waals surface area (Å²) in [5, 5.41) is 10.5. The van der Waals surface area contributed by atoms with Crippen molar-refractivity contribution in [2.75, 3.05) is 60.7 Å². The van der Waals surface area contributed by atoms with Gasteiger partial charge in [0.2, 0.25) is 5.91 Å². The van der Waals surface area contributed by atoms with E-state index in [1.54, 1.807) is 27.4 Å². The van der Waals surface area contributed by atoms with Gasteiger partial charge in [-0.1, -0.05) is 12.1 Å². The van der Waals surface area contributed by atoms with E-state index in [-0.39, 0.29) is 6.61 Å². The van der Waals surface area contributed by atoms with Crippen molar-refractivity contribution in [3.63, 3.8) is 0 Å². The lowest BCUT2D eigenvalue weighted by atomic mass is 10.0. The Bertz CT molecular complexity index is 895. The zero-order chi connectivity index (χ0) is 23.8. The van der Waals surface area contributed by atoms with E-state index in [1.807, 2.05) is 41.3 Å². The fraction of sp³-hybridized carbons (Fsp3) is 0.458. The monoisotopic (exact) mass is 459 g/mol. The van der Waals surface area contributed by atoms with Gasteiger partial charge >= 0.3 is 0 Å². The summed E-state index contributed by atoms with van der Waals surface area (Å²) in [7, 11) is 4.72. The molecule has 1 heterocycles. The number of primary amides is 1. The van der Waals surface area contributed by atoms with Crippen molar-refractivity contribution in [1.82, 2.24) is 9.80 Å². The molecule has 2 aromatic carbocycles. The zero-order valence-corrected chi connectivity index (χ0v) is 19.4. The number of aliphatic hydroxyl groups is 1. The van der Waals surface area contributed by atoms with Crippen LogP contribution in [0, 0.1) is 0 Å². The Balaban J connectivity index is 1.56. The number of amides is 1. The third-order valence-corrected chi connectivity index (χ3v) is 5.70. The number of ether oxygens (including phenoxy) is 4. The molecule has 0 aromatic heterocycles. The predicted octanol–water partition coefficient (Wildman–Crippen LogP) is 1.30. The maximum absolute atomic E-state index is 12.3. The van der Waals surface area contributed by atoms with Crippen molar-refractivity contribution in [3.8, 4) is 23.0 Å². The molecule has 180 valence electrons. The van der Waals surface area contributed by atoms with Crippen molar-refractivity contribution >= 4 is 5.91 Å². The topological polar surface area (TPSA) is 107 Å². The molecule has 0 saturated carbocycles. The highest BCUT2D eigenvalue weighted by molar-refractivity contribution is 5.81. The van der Waals surface area contributed by atoms with Gasteiger partial charge < -0.3 is 29.8 Å². The molecule has 1 saturated heterocycles. The van der Waals surface area contributed by atoms with Gasteiger partial charge in [-0.25, -0.2) is 0 Å². The molecule has 1 fully saturated rings. The number of nitrogens with two attached hydrogens (primary N) is 1. The number of benzene rings is 2. The number of methoxy groups -OCH3 is 3. The number of hydrogen-bond donors (Lipinski definition) is 2. The van der Waals surface area contributed by atoms with Crippen molar-refractivity contribution in [3.05, 3.63) is 48.0 Å². The molecule has 1 amide bonds. The standard InChI is InChI=1S/C24H33N3O6/c1-30-19-12-17(13-20(14-19)31-2)23(24(25)29)27-10-8-26(9-11-27)15-18(28)16-33-22-7-5-4-6-21(22)32-3/h4-7,12-14,18,23,28H,8-11,15-16H2,1-3H3,(H2,25,29). The number of aliphatic hydroxyl groups excluding tert-OH is 1. The Kier molecular flexibility index (Phi) is 8.76. The summed E-state index contributed by atoms with van der Waals surface area (Å²) in [4.78, 5) is 16.5. The Morgan fingerprint density at radius 2 is 1.58 bits per heavy atom. The molecule has 2 atom stereocenters. The first kappa shape index (κ1) is 24.6. The highest BCUT2D eigenvalue weighted by atomic mass is 16.5. The molecule has 0 radical (unpaired) electrons. The molecule has 0 spiro atoms. The average molecular weight is 460 g/mol. The highest BCUT2D eigenvalue weighted by Crippen LogP contribution is 2.30. The van der Waals surface area contributed by atoms with Gasteiger partial charge in [-0.3, -0.25) is 14.6 Å². The van der Waals surface area contributed by atoms with Gasteiger partial charge in [0.05, 0.1) is 21.3 Å². The maximum Gasteiger partial charge on any atom is 0.239 e. The predicted molar refractivity (Wildman–Crippen MR) is 124 cm³/mol. The zero-order valence-electron chi connectivity index (χ0n) is 19.4. The van der Waals surface area contributed by atoms with Crippen LogP contribution in [0.1, 0.15) is 11.6 Å². The quantitative estimate of drug-likeness (QED) is 0.518. The Morgan fingerprint density at radius 3 is 2.12 bits per heavy atom. The van der Waals surface area contributed by atoms with Crippen LogP contribution in [-0.2, 0) is 4.79 Å². The average Bonchev–Trinajstić information content (AvgIpc) is 2.83. The molecule has 1 aliphatic heterocycles. The second-order valence-corrected chi connectivity index (χ2v) is 7.90. The summed E-state index contributed by atoms with van der Waals surface area (Å²) in [5.41, 5.74) is 6.51. The molecule has 1 aliphatic rings. The first-order valence-corrected chi connectivity index (χ1v) is 10.9. The molecule has 2 aromatic rings. The Morgan fingerprint density at radius 1 is 0.970 bits per heavy atom. The SMILES string of the molecule is COc1cc(OC)cc(C(C(N)=O)N2CCN(CC(O)COc3ccccc3OC)CC2)c1. The molecular weight excluding hydrogens is 426 g/mol. The van der Waals surface area contributed by atoms with Gasteiger partial charge in [0.25, 0.3) is 0 Å². The van der Waals surface area contributed by atoms with Crippen LogP contribution < -0.4 is 24.7 Å². The van der Waals surface area contributed by atoms with E-state index in [0.29, 0.717) is 55.7 Å². The van der Waals surface area contributed by atoms with Crippen molar-refractivity contribution < 1.29 is 28.8 Å². The lowest BCUT2D eigenvalue weighted by molar-refractivity contribution is -0.124. The fourth-order valence-electron chi connectivity index (χ4n) is 4.02. The van der Waals surface area contributed by atoms with Crippen molar-refractivity contribution in [1.29, 1.82) is 0 Å². The van der Waals surface area contributed by atoms with E-state index in [9.17, 15) is 9.90 Å². The normalized spacial score (nSPS) is 16.6. The summed E-state index contributed by atoms with van der Waals surface area (Å²) >= 11 is 0. The number of rotatable bonds is 11. The summed E-state index contributed by atoms with van der Waals surface area (Å²) in [5.74, 6) is 2.01. The number of nitrogens with zero attached hydrogens (tertiary/aromatic N) is 2. The van der Waals surface area contributed by atoms with E-state index in [1.165, 1.54) is 0 Å². The number of hydrogen-bond acceptors (Lipinski definition) is 8. The second kappa shape index (κ2) is 11.7. The van der Waals surface area contributed by atoms with E-state index in [0.717, 1.165) is 5.56 Å². The molecular formula is C24H33N3O6. The fourth-order valence-corrected chi connectivity index (χ4v) is 4.02. The summed E-state index contributed by atoms with van der Waals surface area (Å²) in [6, 6.07) is 12.1. The van der Waals surface area contributed by atoms with Gasteiger partial charge in [-0.2, -0.15) is 0 Å². The highest BCUT2D eigenvalue weighted by Gasteiger charge is 2.30. The Labute approximate surface area is 194 Å². The molecule has 9 nitrogen and oxygen atoms in total. The van der Waals surface area contributed by atoms with Crippen LogP contribution in [0.3, 0.4) is 0 Å². The lowest BCUT2D eigenvalue weighted by Crippen LogP contribution is -2.52. The third-order valence-electron chi connectivity index (χ3n) is 5.70. The first-order chi connectivity index (χ1) is 15.9. The molecule has 0 aliphatic carbocycles. The number of carbonyl (C=O) groups is 1. The van der Waals surface area contributed by atoms with E-state index >= 15 is 0 Å². The minimum atomic E-state index is -0.656. The van der Waals surface area contributed by atoms with E-state index in [2.05, 4.69) is 4.90 Å². The Hall–Kier alpha value is -3.01. The van der Waals surface area contributed by atoms with Crippen LogP contribution in [0.15, 0.2) is 42.5 Å². The number of piperazine rings is 1. The van der Waals surface area contributed by atoms with Crippen LogP contribution in [-0.4, -0.2) is 87.6 Å². The van der Waals surface area contributed by atoms with Crippen molar-refractivity contribution in [2.45, 2.75) is 12.1 Å². The number of carbonyl (C=O) groups excluding carboxylic acids is 1. The molecule has 3 N–H and O–H groups in total. The third kappa shape index (κ3) is 6.50. The largest absolute Gasteiger partial charge is 0.497 e. The van der Waals surface area contributed by atoms with Gasteiger partial charge in [0, 0.05) is 38.8 Å². The number of para-hydroxylation sites is 2. The van der Waals surface area contributed by atoms with Crippen LogP contribution in [0.25, 0.3) is 0 Å². The number of β-amino-alcohol motifs (C(OH)–C–C–N with tert-alkyl or cyclic N) is 1. The second-order valence-electron chi connectivity index (χ2n) is 7.90. The maximum atomic E-state index is 12.3. The summed E-state index contributed by atoms with van der Waals surface area (Å²) < 4.78 is 21.7. The van der Waals surface area contributed by atoms with E-state index < -0.39 is 18.1 Å². The van der Waals surface area contributed by atoms with Crippen molar-refractivity contribution in [2.24, 2.45) is 5.73 Å². The first-order valence-electron chi connectivity index (χ1n) is 10.9. The molecule has 33 heavy (non-hydrogen) atoms. The minimum absolute atomic E-state index is 0.161.